The number of nitrogens with one attached hydrogen (secondary N) is 2. The number of fused-ring (bicyclic) bond motifs is 1. The average Bonchev–Trinajstić information content (AvgIpc) is 2.37. The number of hydrogen-bond donors (Lipinski definition) is 3. The van der Waals surface area contributed by atoms with Gasteiger partial charge < -0.3 is 15.7 Å². The first-order chi connectivity index (χ1) is 7.16. The average molecular weight is 206 g/mol. The van der Waals surface area contributed by atoms with Gasteiger partial charge in [-0.1, -0.05) is 6.07 Å². The van der Waals surface area contributed by atoms with Crippen LogP contribution in [0.4, 0.5) is 5.69 Å². The highest BCUT2D eigenvalue weighted by molar-refractivity contribution is 5.96. The molecule has 5 heteroatoms. The molecule has 1 aliphatic heterocycles. The van der Waals surface area contributed by atoms with E-state index in [1.54, 1.807) is 6.07 Å². The zero-order valence-electron chi connectivity index (χ0n) is 7.91. The number of anilines is 1. The monoisotopic (exact) mass is 206 g/mol. The van der Waals surface area contributed by atoms with E-state index in [-0.39, 0.29) is 18.0 Å². The van der Waals surface area contributed by atoms with Crippen molar-refractivity contribution in [3.8, 4) is 0 Å². The number of amides is 1. The molecule has 1 amide bonds. The number of carboxylic acid groups (broad SMARTS) is 1. The first-order valence-electron chi connectivity index (χ1n) is 4.53. The van der Waals surface area contributed by atoms with Crippen LogP contribution in [-0.4, -0.2) is 23.5 Å². The third kappa shape index (κ3) is 1.97. The maximum atomic E-state index is 11.2. The summed E-state index contributed by atoms with van der Waals surface area (Å²) in [5.41, 5.74) is 1.65. The van der Waals surface area contributed by atoms with Gasteiger partial charge in [-0.05, 0) is 17.7 Å². The molecule has 0 radical (unpaired) electrons. The number of carboxylic acids is 1. The summed E-state index contributed by atoms with van der Waals surface area (Å²) in [6, 6.07) is 4.71. The number of benzene rings is 1. The summed E-state index contributed by atoms with van der Waals surface area (Å²) in [6.07, 6.45) is 0. The molecule has 3 N–H and O–H groups in total. The van der Waals surface area contributed by atoms with Crippen LogP contribution < -0.4 is 10.6 Å². The molecule has 78 valence electrons. The van der Waals surface area contributed by atoms with E-state index in [1.807, 2.05) is 0 Å². The second kappa shape index (κ2) is 3.70. The van der Waals surface area contributed by atoms with Crippen LogP contribution in [0.5, 0.6) is 0 Å². The molecule has 0 bridgehead atoms. The Kier molecular flexibility index (Phi) is 2.39. The summed E-state index contributed by atoms with van der Waals surface area (Å²) in [7, 11) is 0. The molecule has 0 saturated carbocycles. The normalized spacial score (nSPS) is 15.1. The van der Waals surface area contributed by atoms with E-state index in [9.17, 15) is 9.59 Å². The molecule has 0 spiro atoms. The van der Waals surface area contributed by atoms with Crippen LogP contribution in [0.25, 0.3) is 0 Å². The minimum Gasteiger partial charge on any atom is -0.478 e. The maximum absolute atomic E-state index is 11.2. The van der Waals surface area contributed by atoms with Crippen molar-refractivity contribution in [2.45, 2.75) is 6.54 Å². The number of carbonyl (C=O) groups is 2. The number of aromatic carboxylic acids is 1. The summed E-state index contributed by atoms with van der Waals surface area (Å²) >= 11 is 0. The molecule has 1 aromatic carbocycles. The van der Waals surface area contributed by atoms with Crippen molar-refractivity contribution in [3.05, 3.63) is 29.3 Å². The largest absolute Gasteiger partial charge is 0.478 e. The molecule has 15 heavy (non-hydrogen) atoms. The predicted octanol–water partition coefficient (Wildman–Crippen LogP) is 0.427. The van der Waals surface area contributed by atoms with E-state index in [4.69, 9.17) is 5.11 Å². The quantitative estimate of drug-likeness (QED) is 0.622. The molecule has 1 aliphatic rings. The van der Waals surface area contributed by atoms with Gasteiger partial charge in [-0.25, -0.2) is 4.79 Å². The lowest BCUT2D eigenvalue weighted by atomic mass is 10.1. The van der Waals surface area contributed by atoms with Gasteiger partial charge in [0.05, 0.1) is 12.1 Å². The predicted molar refractivity (Wildman–Crippen MR) is 53.7 cm³/mol. The number of hydrogen-bond acceptors (Lipinski definition) is 3. The summed E-state index contributed by atoms with van der Waals surface area (Å²) in [5, 5.41) is 14.4. The van der Waals surface area contributed by atoms with E-state index < -0.39 is 5.97 Å². The molecule has 1 aromatic rings. The summed E-state index contributed by atoms with van der Waals surface area (Å²) in [5.74, 6) is -1.15. The molecule has 0 saturated heterocycles. The Bertz CT molecular complexity index is 429. The number of carbonyl (C=O) groups excluding carboxylic acids is 1. The molecule has 0 fully saturated rings. The van der Waals surface area contributed by atoms with Gasteiger partial charge in [0.2, 0.25) is 5.91 Å². The summed E-state index contributed by atoms with van der Waals surface area (Å²) < 4.78 is 0. The molecule has 0 aliphatic carbocycles. The van der Waals surface area contributed by atoms with Crippen molar-refractivity contribution in [2.75, 3.05) is 11.9 Å². The van der Waals surface area contributed by atoms with Crippen molar-refractivity contribution >= 4 is 17.6 Å². The van der Waals surface area contributed by atoms with Gasteiger partial charge in [0.25, 0.3) is 0 Å². The first kappa shape index (κ1) is 9.67. The third-order valence-electron chi connectivity index (χ3n) is 2.23. The van der Waals surface area contributed by atoms with Gasteiger partial charge in [0.15, 0.2) is 0 Å². The molecule has 0 unspecified atom stereocenters. The van der Waals surface area contributed by atoms with Gasteiger partial charge in [-0.2, -0.15) is 0 Å². The Morgan fingerprint density at radius 1 is 1.33 bits per heavy atom. The van der Waals surface area contributed by atoms with E-state index in [0.717, 1.165) is 5.56 Å². The van der Waals surface area contributed by atoms with Crippen LogP contribution in [0.3, 0.4) is 0 Å². The molecule has 1 heterocycles. The highest BCUT2D eigenvalue weighted by Crippen LogP contribution is 2.19. The van der Waals surface area contributed by atoms with Crippen LogP contribution in [-0.2, 0) is 11.3 Å². The minimum atomic E-state index is -0.996. The Balaban J connectivity index is 2.41. The van der Waals surface area contributed by atoms with E-state index in [0.29, 0.717) is 12.2 Å². The Labute approximate surface area is 86.1 Å². The van der Waals surface area contributed by atoms with Gasteiger partial charge in [0.1, 0.15) is 0 Å². The van der Waals surface area contributed by atoms with E-state index >= 15 is 0 Å². The summed E-state index contributed by atoms with van der Waals surface area (Å²) in [6.45, 7) is 0.811. The second-order valence-corrected chi connectivity index (χ2v) is 3.33. The highest BCUT2D eigenvalue weighted by Gasteiger charge is 2.13. The fourth-order valence-electron chi connectivity index (χ4n) is 1.49. The van der Waals surface area contributed by atoms with Gasteiger partial charge in [0, 0.05) is 12.2 Å². The third-order valence-corrected chi connectivity index (χ3v) is 2.23. The van der Waals surface area contributed by atoms with Gasteiger partial charge in [-0.15, -0.1) is 0 Å². The first-order valence-corrected chi connectivity index (χ1v) is 4.53. The summed E-state index contributed by atoms with van der Waals surface area (Å²) in [4.78, 5) is 21.9. The van der Waals surface area contributed by atoms with Crippen LogP contribution in [0.15, 0.2) is 18.2 Å². The lowest BCUT2D eigenvalue weighted by Gasteiger charge is -2.06. The number of rotatable bonds is 1. The molecular weight excluding hydrogens is 196 g/mol. The van der Waals surface area contributed by atoms with Crippen molar-refractivity contribution in [2.24, 2.45) is 0 Å². The van der Waals surface area contributed by atoms with Crippen molar-refractivity contribution in [1.82, 2.24) is 5.32 Å². The Morgan fingerprint density at radius 2 is 2.13 bits per heavy atom. The Hall–Kier alpha value is -1.88. The molecular formula is C10H10N2O3. The lowest BCUT2D eigenvalue weighted by Crippen LogP contribution is -2.23. The molecule has 0 atom stereocenters. The Morgan fingerprint density at radius 3 is 2.87 bits per heavy atom. The van der Waals surface area contributed by atoms with E-state index in [1.165, 1.54) is 12.1 Å². The molecule has 0 aromatic heterocycles. The van der Waals surface area contributed by atoms with Crippen molar-refractivity contribution in [3.63, 3.8) is 0 Å². The van der Waals surface area contributed by atoms with Crippen molar-refractivity contribution < 1.29 is 14.7 Å². The zero-order chi connectivity index (χ0) is 10.8. The van der Waals surface area contributed by atoms with Crippen LogP contribution >= 0.6 is 0 Å². The molecule has 2 rings (SSSR count). The fourth-order valence-corrected chi connectivity index (χ4v) is 1.49. The fraction of sp³-hybridized carbons (Fsp3) is 0.200. The second-order valence-electron chi connectivity index (χ2n) is 3.33. The van der Waals surface area contributed by atoms with E-state index in [2.05, 4.69) is 10.6 Å². The smallest absolute Gasteiger partial charge is 0.335 e. The minimum absolute atomic E-state index is 0.156. The zero-order valence-corrected chi connectivity index (χ0v) is 7.91. The topological polar surface area (TPSA) is 78.4 Å². The van der Waals surface area contributed by atoms with Crippen LogP contribution in [0.2, 0.25) is 0 Å². The van der Waals surface area contributed by atoms with Crippen LogP contribution in [0.1, 0.15) is 15.9 Å². The van der Waals surface area contributed by atoms with Crippen molar-refractivity contribution in [1.29, 1.82) is 0 Å². The van der Waals surface area contributed by atoms with Crippen LogP contribution in [0, 0.1) is 0 Å². The SMILES string of the molecule is O=C1CNCc2ccc(C(=O)O)cc2N1. The lowest BCUT2D eigenvalue weighted by molar-refractivity contribution is -0.115. The highest BCUT2D eigenvalue weighted by atomic mass is 16.4. The van der Waals surface area contributed by atoms with Gasteiger partial charge >= 0.3 is 5.97 Å². The standard InChI is InChI=1S/C10H10N2O3/c13-9-5-11-4-7-2-1-6(10(14)15)3-8(7)12-9/h1-3,11H,4-5H2,(H,12,13)(H,14,15). The molecule has 5 nitrogen and oxygen atoms in total. The van der Waals surface area contributed by atoms with Gasteiger partial charge in [-0.3, -0.25) is 4.79 Å². The maximum Gasteiger partial charge on any atom is 0.335 e.